The Morgan fingerprint density at radius 2 is 2.04 bits per heavy atom. The molecule has 0 aliphatic carbocycles. The van der Waals surface area contributed by atoms with Crippen molar-refractivity contribution in [3.8, 4) is 0 Å². The molecule has 0 aliphatic heterocycles. The molecule has 3 aromatic rings. The molecule has 2 aromatic carbocycles. The summed E-state index contributed by atoms with van der Waals surface area (Å²) in [5, 5.41) is 3.37. The highest BCUT2D eigenvalue weighted by Crippen LogP contribution is 2.36. The van der Waals surface area contributed by atoms with Crippen LogP contribution in [0.4, 0.5) is 10.1 Å². The first kappa shape index (κ1) is 17.8. The summed E-state index contributed by atoms with van der Waals surface area (Å²) in [5.74, 6) is -1.62. The standard InChI is InChI=1S/C17H10BrClFNO3S/c18-9-2-1-3-11(6-9)21-14(22)8-24-17(23)16-15(19)12-5-4-10(20)7-13(12)25-16/h1-7H,8H2,(H,21,22). The molecule has 0 atom stereocenters. The van der Waals surface area contributed by atoms with Crippen LogP contribution in [-0.2, 0) is 9.53 Å². The third-order valence-electron chi connectivity index (χ3n) is 3.22. The Bertz CT molecular complexity index is 976. The van der Waals surface area contributed by atoms with Gasteiger partial charge in [-0.2, -0.15) is 0 Å². The van der Waals surface area contributed by atoms with Crippen LogP contribution in [0.15, 0.2) is 46.9 Å². The van der Waals surface area contributed by atoms with Crippen molar-refractivity contribution in [2.75, 3.05) is 11.9 Å². The second-order valence-corrected chi connectivity index (χ2v) is 7.37. The predicted molar refractivity (Wildman–Crippen MR) is 99.8 cm³/mol. The molecule has 0 fully saturated rings. The summed E-state index contributed by atoms with van der Waals surface area (Å²) in [4.78, 5) is 24.2. The van der Waals surface area contributed by atoms with E-state index in [1.165, 1.54) is 18.2 Å². The van der Waals surface area contributed by atoms with E-state index in [0.717, 1.165) is 15.8 Å². The second kappa shape index (κ2) is 7.51. The van der Waals surface area contributed by atoms with Gasteiger partial charge in [0.05, 0.1) is 5.02 Å². The van der Waals surface area contributed by atoms with Crippen LogP contribution >= 0.6 is 38.9 Å². The zero-order chi connectivity index (χ0) is 18.0. The van der Waals surface area contributed by atoms with Crippen molar-refractivity contribution in [2.24, 2.45) is 0 Å². The highest BCUT2D eigenvalue weighted by molar-refractivity contribution is 9.10. The number of thiophene rings is 1. The number of amides is 1. The van der Waals surface area contributed by atoms with Gasteiger partial charge >= 0.3 is 5.97 Å². The van der Waals surface area contributed by atoms with Crippen LogP contribution in [-0.4, -0.2) is 18.5 Å². The van der Waals surface area contributed by atoms with Crippen LogP contribution in [0.3, 0.4) is 0 Å². The molecule has 1 N–H and O–H groups in total. The van der Waals surface area contributed by atoms with Gasteiger partial charge in [0.2, 0.25) is 0 Å². The van der Waals surface area contributed by atoms with E-state index in [4.69, 9.17) is 16.3 Å². The number of benzene rings is 2. The predicted octanol–water partition coefficient (Wildman–Crippen LogP) is 5.25. The summed E-state index contributed by atoms with van der Waals surface area (Å²) in [7, 11) is 0. The van der Waals surface area contributed by atoms with Gasteiger partial charge in [-0.25, -0.2) is 9.18 Å². The molecule has 1 aromatic heterocycles. The van der Waals surface area contributed by atoms with E-state index in [2.05, 4.69) is 21.2 Å². The zero-order valence-electron chi connectivity index (χ0n) is 12.5. The molecule has 4 nitrogen and oxygen atoms in total. The zero-order valence-corrected chi connectivity index (χ0v) is 15.7. The van der Waals surface area contributed by atoms with Gasteiger partial charge in [0.25, 0.3) is 5.91 Å². The van der Waals surface area contributed by atoms with Crippen molar-refractivity contribution in [3.05, 3.63) is 62.7 Å². The summed E-state index contributed by atoms with van der Waals surface area (Å²) in [5.41, 5.74) is 0.575. The van der Waals surface area contributed by atoms with Gasteiger partial charge in [0.15, 0.2) is 6.61 Å². The number of hydrogen-bond donors (Lipinski definition) is 1. The van der Waals surface area contributed by atoms with Crippen LogP contribution in [0, 0.1) is 5.82 Å². The maximum absolute atomic E-state index is 13.3. The number of nitrogens with one attached hydrogen (secondary N) is 1. The Hall–Kier alpha value is -1.96. The Labute approximate surface area is 159 Å². The molecule has 0 unspecified atom stereocenters. The molecule has 0 aliphatic rings. The van der Waals surface area contributed by atoms with E-state index in [1.807, 2.05) is 6.07 Å². The largest absolute Gasteiger partial charge is 0.451 e. The fourth-order valence-corrected chi connectivity index (χ4v) is 3.96. The fourth-order valence-electron chi connectivity index (χ4n) is 2.13. The van der Waals surface area contributed by atoms with E-state index >= 15 is 0 Å². The SMILES string of the molecule is O=C(COC(=O)c1sc2cc(F)ccc2c1Cl)Nc1cccc(Br)c1. The highest BCUT2D eigenvalue weighted by atomic mass is 79.9. The maximum Gasteiger partial charge on any atom is 0.350 e. The molecule has 3 rings (SSSR count). The first-order chi connectivity index (χ1) is 11.9. The second-order valence-electron chi connectivity index (χ2n) is 5.02. The smallest absolute Gasteiger partial charge is 0.350 e. The van der Waals surface area contributed by atoms with Crippen molar-refractivity contribution in [2.45, 2.75) is 0 Å². The van der Waals surface area contributed by atoms with E-state index in [9.17, 15) is 14.0 Å². The average Bonchev–Trinajstić information content (AvgIpc) is 2.89. The van der Waals surface area contributed by atoms with E-state index < -0.39 is 24.3 Å². The molecular weight excluding hydrogens is 433 g/mol. The molecule has 0 saturated carbocycles. The molecular formula is C17H10BrClFNO3S. The lowest BCUT2D eigenvalue weighted by atomic mass is 10.2. The summed E-state index contributed by atoms with van der Waals surface area (Å²) in [6.45, 7) is -0.454. The number of fused-ring (bicyclic) bond motifs is 1. The van der Waals surface area contributed by atoms with Crippen molar-refractivity contribution in [3.63, 3.8) is 0 Å². The minimum absolute atomic E-state index is 0.137. The number of hydrogen-bond acceptors (Lipinski definition) is 4. The van der Waals surface area contributed by atoms with E-state index in [0.29, 0.717) is 15.8 Å². The monoisotopic (exact) mass is 441 g/mol. The van der Waals surface area contributed by atoms with Gasteiger partial charge in [-0.1, -0.05) is 33.6 Å². The number of anilines is 1. The maximum atomic E-state index is 13.3. The van der Waals surface area contributed by atoms with E-state index in [-0.39, 0.29) is 9.90 Å². The average molecular weight is 443 g/mol. The number of carbonyl (C=O) groups is 2. The summed E-state index contributed by atoms with van der Waals surface area (Å²) in [6.07, 6.45) is 0. The lowest BCUT2D eigenvalue weighted by Crippen LogP contribution is -2.20. The molecule has 128 valence electrons. The van der Waals surface area contributed by atoms with Crippen LogP contribution in [0.25, 0.3) is 10.1 Å². The lowest BCUT2D eigenvalue weighted by molar-refractivity contribution is -0.119. The van der Waals surface area contributed by atoms with Crippen LogP contribution in [0.5, 0.6) is 0 Å². The Morgan fingerprint density at radius 1 is 1.24 bits per heavy atom. The first-order valence-corrected chi connectivity index (χ1v) is 9.03. The van der Waals surface area contributed by atoms with Gasteiger partial charge in [-0.05, 0) is 36.4 Å². The molecule has 1 amide bonds. The molecule has 1 heterocycles. The van der Waals surface area contributed by atoms with Gasteiger partial charge in [-0.3, -0.25) is 4.79 Å². The summed E-state index contributed by atoms with van der Waals surface area (Å²) in [6, 6.07) is 11.1. The minimum Gasteiger partial charge on any atom is -0.451 e. The number of carbonyl (C=O) groups excluding carboxylic acids is 2. The third kappa shape index (κ3) is 4.18. The highest BCUT2D eigenvalue weighted by Gasteiger charge is 2.19. The Morgan fingerprint density at radius 3 is 2.80 bits per heavy atom. The number of halogens is 3. The van der Waals surface area contributed by atoms with Gasteiger partial charge in [-0.15, -0.1) is 11.3 Å². The Kier molecular flexibility index (Phi) is 5.36. The van der Waals surface area contributed by atoms with E-state index in [1.54, 1.807) is 18.2 Å². The Balaban J connectivity index is 1.66. The summed E-state index contributed by atoms with van der Waals surface area (Å²) >= 11 is 10.5. The first-order valence-electron chi connectivity index (χ1n) is 7.04. The number of rotatable bonds is 4. The third-order valence-corrected chi connectivity index (χ3v) is 5.35. The number of ether oxygens (including phenoxy) is 1. The van der Waals surface area contributed by atoms with Gasteiger partial charge in [0.1, 0.15) is 10.7 Å². The van der Waals surface area contributed by atoms with Crippen LogP contribution < -0.4 is 5.32 Å². The molecule has 0 radical (unpaired) electrons. The normalized spacial score (nSPS) is 10.7. The fraction of sp³-hybridized carbons (Fsp3) is 0.0588. The lowest BCUT2D eigenvalue weighted by Gasteiger charge is -2.06. The van der Waals surface area contributed by atoms with Crippen molar-refractivity contribution < 1.29 is 18.7 Å². The molecule has 25 heavy (non-hydrogen) atoms. The van der Waals surface area contributed by atoms with Crippen molar-refractivity contribution >= 4 is 66.5 Å². The van der Waals surface area contributed by atoms with Crippen molar-refractivity contribution in [1.82, 2.24) is 0 Å². The quantitative estimate of drug-likeness (QED) is 0.561. The molecule has 0 bridgehead atoms. The van der Waals surface area contributed by atoms with Gasteiger partial charge < -0.3 is 10.1 Å². The summed E-state index contributed by atoms with van der Waals surface area (Å²) < 4.78 is 19.6. The van der Waals surface area contributed by atoms with Crippen LogP contribution in [0.1, 0.15) is 9.67 Å². The van der Waals surface area contributed by atoms with Crippen LogP contribution in [0.2, 0.25) is 5.02 Å². The van der Waals surface area contributed by atoms with Gasteiger partial charge in [0, 0.05) is 20.2 Å². The molecule has 0 spiro atoms. The minimum atomic E-state index is -0.726. The number of esters is 1. The molecule has 0 saturated heterocycles. The van der Waals surface area contributed by atoms with Crippen molar-refractivity contribution in [1.29, 1.82) is 0 Å². The molecule has 8 heteroatoms. The topological polar surface area (TPSA) is 55.4 Å².